The highest BCUT2D eigenvalue weighted by Crippen LogP contribution is 2.27. The van der Waals surface area contributed by atoms with Gasteiger partial charge in [-0.25, -0.2) is 4.98 Å². The molecular formula is C17H21N3O2. The van der Waals surface area contributed by atoms with Gasteiger partial charge in [-0.2, -0.15) is 0 Å². The first-order chi connectivity index (χ1) is 10.7. The van der Waals surface area contributed by atoms with Gasteiger partial charge in [-0.05, 0) is 37.0 Å². The van der Waals surface area contributed by atoms with Gasteiger partial charge in [0, 0.05) is 30.2 Å². The van der Waals surface area contributed by atoms with E-state index in [4.69, 9.17) is 0 Å². The number of rotatable bonds is 5. The van der Waals surface area contributed by atoms with E-state index in [9.17, 15) is 9.90 Å². The smallest absolute Gasteiger partial charge is 0.251 e. The van der Waals surface area contributed by atoms with Crippen molar-refractivity contribution >= 4 is 5.91 Å². The number of benzene rings is 1. The Morgan fingerprint density at radius 2 is 2.23 bits per heavy atom. The van der Waals surface area contributed by atoms with Crippen LogP contribution >= 0.6 is 0 Å². The van der Waals surface area contributed by atoms with Crippen molar-refractivity contribution in [2.45, 2.75) is 31.8 Å². The fourth-order valence-corrected chi connectivity index (χ4v) is 3.03. The number of aliphatic hydroxyl groups excluding tert-OH is 1. The highest BCUT2D eigenvalue weighted by molar-refractivity contribution is 5.94. The molecule has 1 unspecified atom stereocenters. The van der Waals surface area contributed by atoms with Crippen LogP contribution in [0.4, 0.5) is 0 Å². The quantitative estimate of drug-likeness (QED) is 0.889. The van der Waals surface area contributed by atoms with Gasteiger partial charge in [-0.3, -0.25) is 4.79 Å². The minimum Gasteiger partial charge on any atom is -0.391 e. The van der Waals surface area contributed by atoms with E-state index in [-0.39, 0.29) is 5.91 Å². The van der Waals surface area contributed by atoms with Crippen molar-refractivity contribution < 1.29 is 9.90 Å². The first-order valence-electron chi connectivity index (χ1n) is 7.79. The summed E-state index contributed by atoms with van der Waals surface area (Å²) in [6.45, 7) is 0.318. The van der Waals surface area contributed by atoms with Gasteiger partial charge in [0.2, 0.25) is 0 Å². The molecule has 1 atom stereocenters. The molecular weight excluding hydrogens is 278 g/mol. The number of aromatic nitrogens is 2. The lowest BCUT2D eigenvalue weighted by Crippen LogP contribution is -2.35. The van der Waals surface area contributed by atoms with Crippen molar-refractivity contribution in [2.24, 2.45) is 5.92 Å². The van der Waals surface area contributed by atoms with Crippen LogP contribution in [-0.2, 0) is 0 Å². The maximum absolute atomic E-state index is 12.2. The second-order valence-corrected chi connectivity index (χ2v) is 5.84. The minimum absolute atomic E-state index is 0.154. The minimum atomic E-state index is -0.441. The molecule has 2 aromatic rings. The van der Waals surface area contributed by atoms with Gasteiger partial charge in [-0.15, -0.1) is 0 Å². The summed E-state index contributed by atoms with van der Waals surface area (Å²) in [6.07, 6.45) is 9.28. The molecule has 0 spiro atoms. The molecule has 1 heterocycles. The molecule has 5 nitrogen and oxygen atoms in total. The SMILES string of the molecule is O=C(NCC(O)C1CCCC1)c1cccc(-n2ccnc2)c1. The van der Waals surface area contributed by atoms with Crippen LogP contribution in [0.25, 0.3) is 5.69 Å². The number of hydrogen-bond acceptors (Lipinski definition) is 3. The maximum atomic E-state index is 12.2. The molecule has 1 aromatic carbocycles. The van der Waals surface area contributed by atoms with E-state index in [2.05, 4.69) is 10.3 Å². The average Bonchev–Trinajstić information content (AvgIpc) is 3.25. The fourth-order valence-electron chi connectivity index (χ4n) is 3.03. The predicted molar refractivity (Wildman–Crippen MR) is 83.9 cm³/mol. The molecule has 1 fully saturated rings. The Hall–Kier alpha value is -2.14. The van der Waals surface area contributed by atoms with E-state index in [1.54, 1.807) is 18.6 Å². The van der Waals surface area contributed by atoms with Gasteiger partial charge < -0.3 is 15.0 Å². The van der Waals surface area contributed by atoms with Crippen molar-refractivity contribution in [1.82, 2.24) is 14.9 Å². The molecule has 0 radical (unpaired) electrons. The van der Waals surface area contributed by atoms with Crippen molar-refractivity contribution in [1.29, 1.82) is 0 Å². The molecule has 0 bridgehead atoms. The van der Waals surface area contributed by atoms with Crippen LogP contribution in [0.15, 0.2) is 43.0 Å². The van der Waals surface area contributed by atoms with E-state index in [0.717, 1.165) is 18.5 Å². The van der Waals surface area contributed by atoms with Crippen LogP contribution in [0.1, 0.15) is 36.0 Å². The van der Waals surface area contributed by atoms with Gasteiger partial charge in [0.05, 0.1) is 12.4 Å². The third-order valence-corrected chi connectivity index (χ3v) is 4.33. The molecule has 1 saturated carbocycles. The summed E-state index contributed by atoms with van der Waals surface area (Å²) in [4.78, 5) is 16.2. The van der Waals surface area contributed by atoms with Crippen molar-refractivity contribution in [3.05, 3.63) is 48.5 Å². The third kappa shape index (κ3) is 3.36. The van der Waals surface area contributed by atoms with E-state index in [1.807, 2.05) is 29.0 Å². The lowest BCUT2D eigenvalue weighted by Gasteiger charge is -2.18. The number of carbonyl (C=O) groups is 1. The topological polar surface area (TPSA) is 67.2 Å². The Morgan fingerprint density at radius 1 is 1.41 bits per heavy atom. The Morgan fingerprint density at radius 3 is 2.95 bits per heavy atom. The summed E-state index contributed by atoms with van der Waals surface area (Å²) in [7, 11) is 0. The normalized spacial score (nSPS) is 16.6. The number of nitrogens with one attached hydrogen (secondary N) is 1. The summed E-state index contributed by atoms with van der Waals surface area (Å²) in [5.41, 5.74) is 1.48. The summed E-state index contributed by atoms with van der Waals surface area (Å²) >= 11 is 0. The second-order valence-electron chi connectivity index (χ2n) is 5.84. The Balaban J connectivity index is 1.61. The standard InChI is InChI=1S/C17H21N3O2/c21-16(13-4-1-2-5-13)11-19-17(22)14-6-3-7-15(10-14)20-9-8-18-12-20/h3,6-10,12-13,16,21H,1-2,4-5,11H2,(H,19,22). The number of carbonyl (C=O) groups excluding carboxylic acids is 1. The number of nitrogens with zero attached hydrogens (tertiary/aromatic N) is 2. The van der Waals surface area contributed by atoms with E-state index < -0.39 is 6.10 Å². The molecule has 0 aliphatic heterocycles. The van der Waals surface area contributed by atoms with Gasteiger partial charge >= 0.3 is 0 Å². The molecule has 22 heavy (non-hydrogen) atoms. The van der Waals surface area contributed by atoms with Gasteiger partial charge in [0.15, 0.2) is 0 Å². The number of aliphatic hydroxyl groups is 1. The first-order valence-corrected chi connectivity index (χ1v) is 7.79. The van der Waals surface area contributed by atoms with Crippen LogP contribution in [0.2, 0.25) is 0 Å². The van der Waals surface area contributed by atoms with Gasteiger partial charge in [0.25, 0.3) is 5.91 Å². The third-order valence-electron chi connectivity index (χ3n) is 4.33. The Bertz CT molecular complexity index is 619. The van der Waals surface area contributed by atoms with Crippen molar-refractivity contribution in [3.8, 4) is 5.69 Å². The largest absolute Gasteiger partial charge is 0.391 e. The summed E-state index contributed by atoms with van der Waals surface area (Å²) in [5.74, 6) is 0.177. The van der Waals surface area contributed by atoms with E-state index >= 15 is 0 Å². The van der Waals surface area contributed by atoms with E-state index in [0.29, 0.717) is 18.0 Å². The van der Waals surface area contributed by atoms with Crippen molar-refractivity contribution in [3.63, 3.8) is 0 Å². The van der Waals surface area contributed by atoms with E-state index in [1.165, 1.54) is 12.8 Å². The zero-order valence-electron chi connectivity index (χ0n) is 12.5. The zero-order valence-corrected chi connectivity index (χ0v) is 12.5. The van der Waals surface area contributed by atoms with Gasteiger partial charge in [0.1, 0.15) is 0 Å². The molecule has 116 valence electrons. The van der Waals surface area contributed by atoms with Crippen molar-refractivity contribution in [2.75, 3.05) is 6.54 Å². The van der Waals surface area contributed by atoms with Crippen LogP contribution in [0.5, 0.6) is 0 Å². The number of amides is 1. The molecule has 3 rings (SSSR count). The molecule has 0 saturated heterocycles. The molecule has 1 aliphatic carbocycles. The summed E-state index contributed by atoms with van der Waals surface area (Å²) in [6, 6.07) is 7.36. The monoisotopic (exact) mass is 299 g/mol. The lowest BCUT2D eigenvalue weighted by atomic mass is 10.0. The summed E-state index contributed by atoms with van der Waals surface area (Å²) in [5, 5.41) is 13.0. The zero-order chi connectivity index (χ0) is 15.4. The van der Waals surface area contributed by atoms with Crippen LogP contribution in [0, 0.1) is 5.92 Å². The average molecular weight is 299 g/mol. The Labute approximate surface area is 130 Å². The fraction of sp³-hybridized carbons (Fsp3) is 0.412. The Kier molecular flexibility index (Phi) is 4.53. The maximum Gasteiger partial charge on any atom is 0.251 e. The van der Waals surface area contributed by atoms with Crippen LogP contribution in [-0.4, -0.2) is 33.2 Å². The molecule has 2 N–H and O–H groups in total. The van der Waals surface area contributed by atoms with Gasteiger partial charge in [-0.1, -0.05) is 18.9 Å². The highest BCUT2D eigenvalue weighted by Gasteiger charge is 2.23. The number of hydrogen-bond donors (Lipinski definition) is 2. The molecule has 1 aromatic heterocycles. The number of imidazole rings is 1. The second kappa shape index (κ2) is 6.75. The first kappa shape index (κ1) is 14.8. The van der Waals surface area contributed by atoms with Crippen LogP contribution < -0.4 is 5.32 Å². The molecule has 1 amide bonds. The predicted octanol–water partition coefficient (Wildman–Crippen LogP) is 2.15. The molecule has 1 aliphatic rings. The van der Waals surface area contributed by atoms with Crippen LogP contribution in [0.3, 0.4) is 0 Å². The lowest BCUT2D eigenvalue weighted by molar-refractivity contribution is 0.0840. The molecule has 5 heteroatoms. The summed E-state index contributed by atoms with van der Waals surface area (Å²) < 4.78 is 1.85. The highest BCUT2D eigenvalue weighted by atomic mass is 16.3.